The summed E-state index contributed by atoms with van der Waals surface area (Å²) in [5.41, 5.74) is 6.05. The Labute approximate surface area is 162 Å². The van der Waals surface area contributed by atoms with Crippen LogP contribution in [0.3, 0.4) is 0 Å². The number of alkyl halides is 3. The number of nitrogens with two attached hydrogens (primary N) is 1. The summed E-state index contributed by atoms with van der Waals surface area (Å²) in [7, 11) is 0. The van der Waals surface area contributed by atoms with Crippen molar-refractivity contribution in [1.29, 1.82) is 0 Å². The smallest absolute Gasteiger partial charge is 0.393 e. The minimum atomic E-state index is -4.51. The van der Waals surface area contributed by atoms with Gasteiger partial charge in [-0.3, -0.25) is 0 Å². The molecule has 0 amide bonds. The van der Waals surface area contributed by atoms with E-state index in [1.165, 1.54) is 18.5 Å². The zero-order valence-corrected chi connectivity index (χ0v) is 14.9. The highest BCUT2D eigenvalue weighted by Crippen LogP contribution is 2.36. The first-order valence-corrected chi connectivity index (χ1v) is 8.34. The molecule has 0 aliphatic rings. The van der Waals surface area contributed by atoms with Gasteiger partial charge in [0, 0.05) is 6.54 Å². The molecule has 146 valence electrons. The summed E-state index contributed by atoms with van der Waals surface area (Å²) in [6.07, 6.45) is -3.31. The molecular weight excluding hydrogens is 398 g/mol. The molecule has 0 bridgehead atoms. The van der Waals surface area contributed by atoms with Gasteiger partial charge in [0.1, 0.15) is 17.8 Å². The highest BCUT2D eigenvalue weighted by molar-refractivity contribution is 6.33. The van der Waals surface area contributed by atoms with E-state index in [4.69, 9.17) is 17.3 Å². The molecule has 0 saturated carbocycles. The van der Waals surface area contributed by atoms with E-state index in [1.807, 2.05) is 0 Å². The lowest BCUT2D eigenvalue weighted by Gasteiger charge is -2.15. The molecule has 0 atom stereocenters. The van der Waals surface area contributed by atoms with Crippen LogP contribution >= 0.6 is 11.6 Å². The summed E-state index contributed by atoms with van der Waals surface area (Å²) in [4.78, 5) is 7.98. The fraction of sp³-hybridized carbons (Fsp3) is 0.111. The topological polar surface area (TPSA) is 75.9 Å². The van der Waals surface area contributed by atoms with Crippen LogP contribution < -0.4 is 16.4 Å². The molecule has 3 aromatic rings. The molecule has 0 aliphatic carbocycles. The van der Waals surface area contributed by atoms with Crippen LogP contribution in [0.2, 0.25) is 5.02 Å². The van der Waals surface area contributed by atoms with Crippen molar-refractivity contribution < 1.29 is 17.6 Å². The molecule has 0 fully saturated rings. The Morgan fingerprint density at radius 2 is 1.68 bits per heavy atom. The molecule has 0 unspecified atom stereocenters. The van der Waals surface area contributed by atoms with Crippen LogP contribution in [0, 0.1) is 5.82 Å². The molecule has 5 nitrogen and oxygen atoms in total. The number of nitrogens with zero attached hydrogens (tertiary/aromatic N) is 2. The Hall–Kier alpha value is -3.07. The predicted molar refractivity (Wildman–Crippen MR) is 99.9 cm³/mol. The number of nitrogens with one attached hydrogen (secondary N) is 2. The monoisotopic (exact) mass is 411 g/mol. The third kappa shape index (κ3) is 4.61. The molecule has 10 heteroatoms. The standard InChI is InChI=1S/C18H14ClF4N5/c19-13-6-3-11(18(21,22)23)7-14(13)28-17-15(24)16(26-9-27-17)25-8-10-1-4-12(20)5-2-10/h1-7,9H,8,24H2,(H2,25,26,27,28). The third-order valence-corrected chi connectivity index (χ3v) is 4.13. The van der Waals surface area contributed by atoms with Crippen molar-refractivity contribution in [3.05, 3.63) is 70.8 Å². The average molecular weight is 412 g/mol. The highest BCUT2D eigenvalue weighted by atomic mass is 35.5. The molecule has 3 rings (SSSR count). The molecule has 28 heavy (non-hydrogen) atoms. The minimum absolute atomic E-state index is 0.00590. The minimum Gasteiger partial charge on any atom is -0.393 e. The van der Waals surface area contributed by atoms with Crippen molar-refractivity contribution in [2.75, 3.05) is 16.4 Å². The predicted octanol–water partition coefficient (Wildman–Crippen LogP) is 5.23. The van der Waals surface area contributed by atoms with Gasteiger partial charge in [-0.2, -0.15) is 13.2 Å². The van der Waals surface area contributed by atoms with Gasteiger partial charge < -0.3 is 16.4 Å². The summed E-state index contributed by atoms with van der Waals surface area (Å²) in [6.45, 7) is 0.311. The quantitative estimate of drug-likeness (QED) is 0.501. The maximum Gasteiger partial charge on any atom is 0.416 e. The van der Waals surface area contributed by atoms with Crippen molar-refractivity contribution in [3.8, 4) is 0 Å². The first-order valence-electron chi connectivity index (χ1n) is 7.96. The lowest BCUT2D eigenvalue weighted by Crippen LogP contribution is -2.09. The van der Waals surface area contributed by atoms with Gasteiger partial charge >= 0.3 is 6.18 Å². The zero-order chi connectivity index (χ0) is 20.3. The number of nitrogen functional groups attached to an aromatic ring is 1. The van der Waals surface area contributed by atoms with Crippen molar-refractivity contribution in [1.82, 2.24) is 9.97 Å². The van der Waals surface area contributed by atoms with Crippen LogP contribution in [-0.2, 0) is 12.7 Å². The number of benzene rings is 2. The first kappa shape index (κ1) is 19.7. The van der Waals surface area contributed by atoms with Gasteiger partial charge in [-0.05, 0) is 35.9 Å². The Balaban J connectivity index is 1.80. The largest absolute Gasteiger partial charge is 0.416 e. The molecule has 1 aromatic heterocycles. The molecule has 0 radical (unpaired) electrons. The van der Waals surface area contributed by atoms with Gasteiger partial charge in [-0.1, -0.05) is 23.7 Å². The molecule has 2 aromatic carbocycles. The Kier molecular flexibility index (Phi) is 5.55. The van der Waals surface area contributed by atoms with Gasteiger partial charge in [0.25, 0.3) is 0 Å². The van der Waals surface area contributed by atoms with Crippen LogP contribution in [0.15, 0.2) is 48.8 Å². The van der Waals surface area contributed by atoms with Crippen molar-refractivity contribution in [2.45, 2.75) is 12.7 Å². The maximum absolute atomic E-state index is 13.0. The third-order valence-electron chi connectivity index (χ3n) is 3.80. The normalized spacial score (nSPS) is 11.3. The van der Waals surface area contributed by atoms with Gasteiger partial charge in [-0.15, -0.1) is 0 Å². The van der Waals surface area contributed by atoms with Crippen LogP contribution in [0.1, 0.15) is 11.1 Å². The van der Waals surface area contributed by atoms with E-state index in [9.17, 15) is 17.6 Å². The van der Waals surface area contributed by atoms with Crippen LogP contribution in [0.4, 0.5) is 40.6 Å². The first-order chi connectivity index (χ1) is 13.2. The second kappa shape index (κ2) is 7.89. The van der Waals surface area contributed by atoms with E-state index in [2.05, 4.69) is 20.6 Å². The van der Waals surface area contributed by atoms with Crippen molar-refractivity contribution in [3.63, 3.8) is 0 Å². The molecular formula is C18H14ClF4N5. The molecule has 4 N–H and O–H groups in total. The van der Waals surface area contributed by atoms with Crippen LogP contribution in [-0.4, -0.2) is 9.97 Å². The fourth-order valence-corrected chi connectivity index (χ4v) is 2.51. The summed E-state index contributed by atoms with van der Waals surface area (Å²) in [5.74, 6) is 0.0116. The van der Waals surface area contributed by atoms with Gasteiger partial charge in [-0.25, -0.2) is 14.4 Å². The van der Waals surface area contributed by atoms with Gasteiger partial charge in [0.15, 0.2) is 11.6 Å². The number of halogens is 5. The van der Waals surface area contributed by atoms with Gasteiger partial charge in [0.2, 0.25) is 0 Å². The lowest BCUT2D eigenvalue weighted by atomic mass is 10.2. The zero-order valence-electron chi connectivity index (χ0n) is 14.2. The Morgan fingerprint density at radius 3 is 2.36 bits per heavy atom. The van der Waals surface area contributed by atoms with E-state index in [0.717, 1.165) is 23.8 Å². The van der Waals surface area contributed by atoms with Crippen molar-refractivity contribution >= 4 is 34.6 Å². The highest BCUT2D eigenvalue weighted by Gasteiger charge is 2.31. The number of anilines is 4. The number of hydrogen-bond acceptors (Lipinski definition) is 5. The summed E-state index contributed by atoms with van der Waals surface area (Å²) in [5, 5.41) is 5.75. The summed E-state index contributed by atoms with van der Waals surface area (Å²) < 4.78 is 51.7. The lowest BCUT2D eigenvalue weighted by molar-refractivity contribution is -0.137. The number of rotatable bonds is 5. The fourth-order valence-electron chi connectivity index (χ4n) is 2.35. The van der Waals surface area contributed by atoms with Crippen LogP contribution in [0.25, 0.3) is 0 Å². The second-order valence-corrected chi connectivity index (χ2v) is 6.19. The van der Waals surface area contributed by atoms with E-state index >= 15 is 0 Å². The van der Waals surface area contributed by atoms with Crippen LogP contribution in [0.5, 0.6) is 0 Å². The SMILES string of the molecule is Nc1c(NCc2ccc(F)cc2)ncnc1Nc1cc(C(F)(F)F)ccc1Cl. The van der Waals surface area contributed by atoms with E-state index in [1.54, 1.807) is 12.1 Å². The number of hydrogen-bond donors (Lipinski definition) is 3. The van der Waals surface area contributed by atoms with Crippen molar-refractivity contribution in [2.24, 2.45) is 0 Å². The van der Waals surface area contributed by atoms with Gasteiger partial charge in [0.05, 0.1) is 16.3 Å². The molecule has 1 heterocycles. The summed E-state index contributed by atoms with van der Waals surface area (Å²) in [6, 6.07) is 8.73. The maximum atomic E-state index is 13.0. The summed E-state index contributed by atoms with van der Waals surface area (Å²) >= 11 is 5.98. The van der Waals surface area contributed by atoms with E-state index in [0.29, 0.717) is 6.54 Å². The van der Waals surface area contributed by atoms with E-state index in [-0.39, 0.29) is 33.9 Å². The average Bonchev–Trinajstić information content (AvgIpc) is 2.64. The van der Waals surface area contributed by atoms with E-state index < -0.39 is 11.7 Å². The molecule has 0 spiro atoms. The second-order valence-electron chi connectivity index (χ2n) is 5.78. The number of aromatic nitrogens is 2. The molecule has 0 aliphatic heterocycles. The molecule has 0 saturated heterocycles. The Morgan fingerprint density at radius 1 is 1.00 bits per heavy atom. The Bertz CT molecular complexity index is 977.